The van der Waals surface area contributed by atoms with Gasteiger partial charge in [0.15, 0.2) is 0 Å². The lowest BCUT2D eigenvalue weighted by Gasteiger charge is -2.23. The molecule has 7 nitrogen and oxygen atoms in total. The van der Waals surface area contributed by atoms with Crippen molar-refractivity contribution >= 4 is 17.5 Å². The van der Waals surface area contributed by atoms with Crippen LogP contribution in [-0.4, -0.2) is 40.0 Å². The number of aromatic nitrogens is 2. The largest absolute Gasteiger partial charge is 0.423 e. The van der Waals surface area contributed by atoms with Crippen LogP contribution in [0.25, 0.3) is 0 Å². The fourth-order valence-corrected chi connectivity index (χ4v) is 3.42. The maximum Gasteiger partial charge on any atom is 0.235 e. The molecule has 0 spiro atoms. The Kier molecular flexibility index (Phi) is 6.11. The molecule has 28 heavy (non-hydrogen) atoms. The highest BCUT2D eigenvalue weighted by Crippen LogP contribution is 2.28. The van der Waals surface area contributed by atoms with E-state index in [2.05, 4.69) is 24.0 Å². The van der Waals surface area contributed by atoms with Crippen LogP contribution in [0.1, 0.15) is 57.4 Å². The maximum atomic E-state index is 13.0. The zero-order valence-electron chi connectivity index (χ0n) is 17.0. The topological polar surface area (TPSA) is 79.5 Å². The predicted octanol–water partition coefficient (Wildman–Crippen LogP) is 3.16. The van der Waals surface area contributed by atoms with Crippen molar-refractivity contribution in [2.75, 3.05) is 18.0 Å². The first-order valence-corrected chi connectivity index (χ1v) is 9.93. The highest BCUT2D eigenvalue weighted by Gasteiger charge is 2.37. The second kappa shape index (κ2) is 8.54. The Morgan fingerprint density at radius 3 is 2.46 bits per heavy atom. The Morgan fingerprint density at radius 2 is 1.89 bits per heavy atom. The van der Waals surface area contributed by atoms with Crippen molar-refractivity contribution in [3.05, 3.63) is 41.6 Å². The minimum absolute atomic E-state index is 0.0160. The van der Waals surface area contributed by atoms with Gasteiger partial charge in [-0.2, -0.15) is 0 Å². The van der Waals surface area contributed by atoms with Gasteiger partial charge in [0.2, 0.25) is 23.6 Å². The average molecular weight is 384 g/mol. The number of aryl methyl sites for hydroxylation is 1. The first-order valence-electron chi connectivity index (χ1n) is 9.93. The molecule has 1 aliphatic rings. The normalized spacial score (nSPS) is 16.8. The van der Waals surface area contributed by atoms with Crippen LogP contribution >= 0.6 is 0 Å². The molecule has 1 aliphatic heterocycles. The standard InChI is InChI=1S/C21H28N4O3/c1-5-18-22-23-19(28-18)13-24(6-2)21(27)16-11-20(26)25(12-16)17-9-7-15(8-10-17)14(3)4/h7-10,14,16H,5-6,11-13H2,1-4H3. The van der Waals surface area contributed by atoms with Gasteiger partial charge < -0.3 is 14.2 Å². The van der Waals surface area contributed by atoms with Gasteiger partial charge in [-0.3, -0.25) is 9.59 Å². The van der Waals surface area contributed by atoms with Crippen LogP contribution in [0.5, 0.6) is 0 Å². The minimum atomic E-state index is -0.356. The molecular weight excluding hydrogens is 356 g/mol. The van der Waals surface area contributed by atoms with E-state index in [0.29, 0.717) is 37.2 Å². The third-order valence-electron chi connectivity index (χ3n) is 5.18. The summed E-state index contributed by atoms with van der Waals surface area (Å²) < 4.78 is 5.53. The highest BCUT2D eigenvalue weighted by molar-refractivity contribution is 6.00. The van der Waals surface area contributed by atoms with Gasteiger partial charge in [0.05, 0.1) is 12.5 Å². The van der Waals surface area contributed by atoms with Crippen LogP contribution in [0.2, 0.25) is 0 Å². The number of benzene rings is 1. The summed E-state index contributed by atoms with van der Waals surface area (Å²) in [5.74, 6) is 1.01. The summed E-state index contributed by atoms with van der Waals surface area (Å²) >= 11 is 0. The monoisotopic (exact) mass is 384 g/mol. The van der Waals surface area contributed by atoms with E-state index >= 15 is 0 Å². The Bertz CT molecular complexity index is 828. The number of nitrogens with zero attached hydrogens (tertiary/aromatic N) is 4. The molecular formula is C21H28N4O3. The van der Waals surface area contributed by atoms with Crippen LogP contribution in [0.4, 0.5) is 5.69 Å². The molecule has 3 rings (SSSR count). The summed E-state index contributed by atoms with van der Waals surface area (Å²) in [7, 11) is 0. The number of hydrogen-bond donors (Lipinski definition) is 0. The molecule has 2 heterocycles. The molecule has 7 heteroatoms. The first kappa shape index (κ1) is 20.0. The highest BCUT2D eigenvalue weighted by atomic mass is 16.4. The van der Waals surface area contributed by atoms with Crippen LogP contribution in [0.15, 0.2) is 28.7 Å². The van der Waals surface area contributed by atoms with E-state index in [1.807, 2.05) is 38.1 Å². The van der Waals surface area contributed by atoms with Crippen molar-refractivity contribution in [1.29, 1.82) is 0 Å². The summed E-state index contributed by atoms with van der Waals surface area (Å²) in [6, 6.07) is 8.01. The Balaban J connectivity index is 1.67. The quantitative estimate of drug-likeness (QED) is 0.733. The fourth-order valence-electron chi connectivity index (χ4n) is 3.42. The molecule has 0 N–H and O–H groups in total. The molecule has 0 bridgehead atoms. The van der Waals surface area contributed by atoms with Crippen molar-refractivity contribution in [2.24, 2.45) is 5.92 Å². The van der Waals surface area contributed by atoms with Gasteiger partial charge in [0, 0.05) is 31.6 Å². The number of amides is 2. The third-order valence-corrected chi connectivity index (χ3v) is 5.18. The molecule has 0 radical (unpaired) electrons. The molecule has 1 saturated heterocycles. The molecule has 1 fully saturated rings. The zero-order valence-corrected chi connectivity index (χ0v) is 17.0. The Labute approximate surface area is 165 Å². The summed E-state index contributed by atoms with van der Waals surface area (Å²) in [5.41, 5.74) is 2.07. The molecule has 2 aromatic rings. The molecule has 1 aromatic heterocycles. The maximum absolute atomic E-state index is 13.0. The second-order valence-electron chi connectivity index (χ2n) is 7.45. The van der Waals surface area contributed by atoms with Gasteiger partial charge in [-0.25, -0.2) is 0 Å². The van der Waals surface area contributed by atoms with Crippen molar-refractivity contribution in [3.8, 4) is 0 Å². The van der Waals surface area contributed by atoms with E-state index in [1.54, 1.807) is 9.80 Å². The second-order valence-corrected chi connectivity index (χ2v) is 7.45. The Morgan fingerprint density at radius 1 is 1.21 bits per heavy atom. The minimum Gasteiger partial charge on any atom is -0.423 e. The average Bonchev–Trinajstić information content (AvgIpc) is 3.32. The summed E-state index contributed by atoms with van der Waals surface area (Å²) in [5, 5.41) is 7.94. The van der Waals surface area contributed by atoms with Crippen LogP contribution < -0.4 is 4.90 Å². The molecule has 1 atom stereocenters. The third kappa shape index (κ3) is 4.24. The van der Waals surface area contributed by atoms with E-state index in [4.69, 9.17) is 4.42 Å². The van der Waals surface area contributed by atoms with Crippen LogP contribution in [-0.2, 0) is 22.6 Å². The summed E-state index contributed by atoms with van der Waals surface area (Å²) in [6.45, 7) is 9.32. The lowest BCUT2D eigenvalue weighted by Crippen LogP contribution is -2.37. The number of rotatable bonds is 7. The smallest absolute Gasteiger partial charge is 0.235 e. The van der Waals surface area contributed by atoms with Gasteiger partial charge in [-0.05, 0) is 30.5 Å². The zero-order chi connectivity index (χ0) is 20.3. The van der Waals surface area contributed by atoms with E-state index in [1.165, 1.54) is 5.56 Å². The first-order chi connectivity index (χ1) is 13.4. The summed E-state index contributed by atoms with van der Waals surface area (Å²) in [6.07, 6.45) is 0.889. The van der Waals surface area contributed by atoms with E-state index in [0.717, 1.165) is 5.69 Å². The lowest BCUT2D eigenvalue weighted by molar-refractivity contribution is -0.136. The molecule has 0 aliphatic carbocycles. The molecule has 1 aromatic carbocycles. The number of anilines is 1. The van der Waals surface area contributed by atoms with Gasteiger partial charge in [0.1, 0.15) is 0 Å². The molecule has 150 valence electrons. The van der Waals surface area contributed by atoms with Crippen molar-refractivity contribution in [1.82, 2.24) is 15.1 Å². The fraction of sp³-hybridized carbons (Fsp3) is 0.524. The van der Waals surface area contributed by atoms with Gasteiger partial charge in [0.25, 0.3) is 0 Å². The van der Waals surface area contributed by atoms with E-state index in [-0.39, 0.29) is 30.7 Å². The SMILES string of the molecule is CCc1nnc(CN(CC)C(=O)C2CC(=O)N(c3ccc(C(C)C)cc3)C2)o1. The van der Waals surface area contributed by atoms with Crippen LogP contribution in [0.3, 0.4) is 0 Å². The molecule has 1 unspecified atom stereocenters. The number of hydrogen-bond acceptors (Lipinski definition) is 5. The summed E-state index contributed by atoms with van der Waals surface area (Å²) in [4.78, 5) is 28.9. The van der Waals surface area contributed by atoms with E-state index in [9.17, 15) is 9.59 Å². The van der Waals surface area contributed by atoms with Gasteiger partial charge in [-0.1, -0.05) is 32.9 Å². The van der Waals surface area contributed by atoms with Crippen LogP contribution in [0, 0.1) is 5.92 Å². The van der Waals surface area contributed by atoms with Crippen molar-refractivity contribution in [2.45, 2.75) is 53.0 Å². The molecule has 0 saturated carbocycles. The number of carbonyl (C=O) groups excluding carboxylic acids is 2. The van der Waals surface area contributed by atoms with Gasteiger partial charge >= 0.3 is 0 Å². The lowest BCUT2D eigenvalue weighted by atomic mass is 10.0. The Hall–Kier alpha value is -2.70. The van der Waals surface area contributed by atoms with Crippen molar-refractivity contribution < 1.29 is 14.0 Å². The van der Waals surface area contributed by atoms with Crippen molar-refractivity contribution in [3.63, 3.8) is 0 Å². The molecule has 2 amide bonds. The number of carbonyl (C=O) groups is 2. The van der Waals surface area contributed by atoms with E-state index < -0.39 is 0 Å². The van der Waals surface area contributed by atoms with Gasteiger partial charge in [-0.15, -0.1) is 10.2 Å². The predicted molar refractivity (Wildman–Crippen MR) is 106 cm³/mol.